The van der Waals surface area contributed by atoms with Crippen LogP contribution in [0.1, 0.15) is 52.4 Å². The van der Waals surface area contributed by atoms with Crippen molar-refractivity contribution in [3.63, 3.8) is 0 Å². The molecule has 1 atom stereocenters. The fourth-order valence-electron chi connectivity index (χ4n) is 4.17. The zero-order valence-electron chi connectivity index (χ0n) is 14.0. The molecule has 0 spiro atoms. The van der Waals surface area contributed by atoms with Gasteiger partial charge in [-0.15, -0.1) is 0 Å². The standard InChI is InChI=1S/C17H28N2O3/c1-16(2)14(18-15(16)21)12-5-9-19(10-6-12)13(20)11-17(22-3)7-4-8-17/h12,14H,4-11H2,1-3H3,(H,18,21)/t14-/m0/s1. The van der Waals surface area contributed by atoms with Crippen LogP contribution in [0.2, 0.25) is 0 Å². The second-order valence-electron chi connectivity index (χ2n) is 7.81. The Morgan fingerprint density at radius 2 is 1.95 bits per heavy atom. The number of methoxy groups -OCH3 is 1. The summed E-state index contributed by atoms with van der Waals surface area (Å²) in [5, 5.41) is 3.05. The molecule has 22 heavy (non-hydrogen) atoms. The number of carbonyl (C=O) groups excluding carboxylic acids is 2. The van der Waals surface area contributed by atoms with Gasteiger partial charge in [0.15, 0.2) is 0 Å². The maximum absolute atomic E-state index is 12.5. The van der Waals surface area contributed by atoms with E-state index in [1.165, 1.54) is 6.42 Å². The van der Waals surface area contributed by atoms with Gasteiger partial charge in [-0.1, -0.05) is 0 Å². The molecule has 0 unspecified atom stereocenters. The third kappa shape index (κ3) is 2.53. The number of ether oxygens (including phenoxy) is 1. The Hall–Kier alpha value is -1.10. The minimum absolute atomic E-state index is 0.156. The molecule has 3 aliphatic rings. The van der Waals surface area contributed by atoms with Gasteiger partial charge in [0.25, 0.3) is 0 Å². The summed E-state index contributed by atoms with van der Waals surface area (Å²) in [6, 6.07) is 0.272. The van der Waals surface area contributed by atoms with Crippen molar-refractivity contribution in [1.82, 2.24) is 10.2 Å². The van der Waals surface area contributed by atoms with E-state index < -0.39 is 0 Å². The lowest BCUT2D eigenvalue weighted by molar-refractivity contribution is -0.150. The summed E-state index contributed by atoms with van der Waals surface area (Å²) in [6.07, 6.45) is 5.68. The van der Waals surface area contributed by atoms with Crippen molar-refractivity contribution in [3.8, 4) is 0 Å². The summed E-state index contributed by atoms with van der Waals surface area (Å²) >= 11 is 0. The van der Waals surface area contributed by atoms with Crippen LogP contribution in [0.25, 0.3) is 0 Å². The van der Waals surface area contributed by atoms with Gasteiger partial charge in [-0.2, -0.15) is 0 Å². The van der Waals surface area contributed by atoms with E-state index in [4.69, 9.17) is 4.74 Å². The molecule has 124 valence electrons. The smallest absolute Gasteiger partial charge is 0.228 e. The predicted octanol–water partition coefficient (Wildman–Crippen LogP) is 1.71. The summed E-state index contributed by atoms with van der Waals surface area (Å²) < 4.78 is 5.57. The number of nitrogens with one attached hydrogen (secondary N) is 1. The first-order valence-corrected chi connectivity index (χ1v) is 8.52. The second kappa shape index (κ2) is 5.52. The number of likely N-dealkylation sites (tertiary alicyclic amines) is 1. The minimum atomic E-state index is -0.247. The summed E-state index contributed by atoms with van der Waals surface area (Å²) in [5.74, 6) is 0.886. The molecule has 0 aromatic heterocycles. The fraction of sp³-hybridized carbons (Fsp3) is 0.882. The first kappa shape index (κ1) is 15.8. The van der Waals surface area contributed by atoms with Crippen LogP contribution in [-0.2, 0) is 14.3 Å². The number of rotatable bonds is 4. The van der Waals surface area contributed by atoms with Gasteiger partial charge >= 0.3 is 0 Å². The Balaban J connectivity index is 1.50. The average molecular weight is 308 g/mol. The first-order valence-electron chi connectivity index (χ1n) is 8.52. The molecule has 2 aliphatic heterocycles. The molecule has 5 heteroatoms. The van der Waals surface area contributed by atoms with Gasteiger partial charge in [0.1, 0.15) is 0 Å². The molecule has 0 aromatic rings. The monoisotopic (exact) mass is 308 g/mol. The van der Waals surface area contributed by atoms with Crippen LogP contribution in [-0.4, -0.2) is 48.6 Å². The highest BCUT2D eigenvalue weighted by molar-refractivity contribution is 5.89. The quantitative estimate of drug-likeness (QED) is 0.804. The molecule has 0 bridgehead atoms. The second-order valence-corrected chi connectivity index (χ2v) is 7.81. The van der Waals surface area contributed by atoms with E-state index in [2.05, 4.69) is 5.32 Å². The number of amides is 2. The van der Waals surface area contributed by atoms with Gasteiger partial charge in [0, 0.05) is 26.2 Å². The highest BCUT2D eigenvalue weighted by Crippen LogP contribution is 2.40. The van der Waals surface area contributed by atoms with Crippen LogP contribution in [0.5, 0.6) is 0 Å². The lowest BCUT2D eigenvalue weighted by atomic mass is 9.68. The number of carbonyl (C=O) groups is 2. The highest BCUT2D eigenvalue weighted by atomic mass is 16.5. The molecule has 3 rings (SSSR count). The van der Waals surface area contributed by atoms with E-state index in [-0.39, 0.29) is 28.9 Å². The van der Waals surface area contributed by atoms with Crippen LogP contribution >= 0.6 is 0 Å². The molecule has 1 N–H and O–H groups in total. The van der Waals surface area contributed by atoms with Crippen molar-refractivity contribution in [2.45, 2.75) is 64.0 Å². The number of hydrogen-bond acceptors (Lipinski definition) is 3. The zero-order valence-corrected chi connectivity index (χ0v) is 14.0. The molecule has 1 saturated carbocycles. The van der Waals surface area contributed by atoms with Crippen LogP contribution in [0.4, 0.5) is 0 Å². The third-order valence-corrected chi connectivity index (χ3v) is 6.18. The zero-order chi connectivity index (χ0) is 16.0. The molecule has 2 heterocycles. The van der Waals surface area contributed by atoms with Gasteiger partial charge in [0.05, 0.1) is 17.4 Å². The van der Waals surface area contributed by atoms with Gasteiger partial charge in [-0.05, 0) is 51.9 Å². The number of β-lactam (4-membered cyclic amide) rings is 1. The minimum Gasteiger partial charge on any atom is -0.378 e. The van der Waals surface area contributed by atoms with Crippen molar-refractivity contribution in [3.05, 3.63) is 0 Å². The molecular formula is C17H28N2O3. The average Bonchev–Trinajstić information content (AvgIpc) is 2.48. The van der Waals surface area contributed by atoms with Gasteiger partial charge in [0.2, 0.25) is 11.8 Å². The molecule has 0 aromatic carbocycles. The van der Waals surface area contributed by atoms with E-state index in [0.717, 1.165) is 38.8 Å². The maximum atomic E-state index is 12.5. The van der Waals surface area contributed by atoms with Crippen LogP contribution in [0.15, 0.2) is 0 Å². The van der Waals surface area contributed by atoms with E-state index in [1.54, 1.807) is 7.11 Å². The summed E-state index contributed by atoms with van der Waals surface area (Å²) in [6.45, 7) is 5.66. The molecule has 2 amide bonds. The molecule has 3 fully saturated rings. The lowest BCUT2D eigenvalue weighted by Crippen LogP contribution is -2.68. The van der Waals surface area contributed by atoms with Crippen molar-refractivity contribution >= 4 is 11.8 Å². The lowest BCUT2D eigenvalue weighted by Gasteiger charge is -2.50. The topological polar surface area (TPSA) is 58.6 Å². The van der Waals surface area contributed by atoms with E-state index in [9.17, 15) is 9.59 Å². The fourth-order valence-corrected chi connectivity index (χ4v) is 4.17. The van der Waals surface area contributed by atoms with Gasteiger partial charge < -0.3 is 15.0 Å². The Morgan fingerprint density at radius 3 is 2.36 bits per heavy atom. The largest absolute Gasteiger partial charge is 0.378 e. The molecule has 5 nitrogen and oxygen atoms in total. The number of hydrogen-bond donors (Lipinski definition) is 1. The van der Waals surface area contributed by atoms with Crippen LogP contribution < -0.4 is 5.32 Å². The third-order valence-electron chi connectivity index (χ3n) is 6.18. The summed E-state index contributed by atoms with van der Waals surface area (Å²) in [7, 11) is 1.72. The van der Waals surface area contributed by atoms with Gasteiger partial charge in [-0.25, -0.2) is 0 Å². The van der Waals surface area contributed by atoms with E-state index in [0.29, 0.717) is 12.3 Å². The SMILES string of the molecule is COC1(CC(=O)N2CCC([C@@H]3NC(=O)C3(C)C)CC2)CCC1. The first-order chi connectivity index (χ1) is 10.4. The Morgan fingerprint density at radius 1 is 1.32 bits per heavy atom. The normalized spacial score (nSPS) is 30.2. The van der Waals surface area contributed by atoms with Crippen molar-refractivity contribution in [2.24, 2.45) is 11.3 Å². The van der Waals surface area contributed by atoms with Crippen molar-refractivity contribution < 1.29 is 14.3 Å². The summed E-state index contributed by atoms with van der Waals surface area (Å²) in [4.78, 5) is 26.1. The van der Waals surface area contributed by atoms with Crippen LogP contribution in [0.3, 0.4) is 0 Å². The van der Waals surface area contributed by atoms with Crippen molar-refractivity contribution in [2.75, 3.05) is 20.2 Å². The van der Waals surface area contributed by atoms with E-state index in [1.807, 2.05) is 18.7 Å². The molecular weight excluding hydrogens is 280 g/mol. The van der Waals surface area contributed by atoms with Gasteiger partial charge in [-0.3, -0.25) is 9.59 Å². The van der Waals surface area contributed by atoms with Crippen LogP contribution in [0, 0.1) is 11.3 Å². The summed E-state index contributed by atoms with van der Waals surface area (Å²) in [5.41, 5.74) is -0.430. The molecule has 0 radical (unpaired) electrons. The van der Waals surface area contributed by atoms with E-state index >= 15 is 0 Å². The highest BCUT2D eigenvalue weighted by Gasteiger charge is 2.51. The molecule has 1 aliphatic carbocycles. The molecule has 2 saturated heterocycles. The van der Waals surface area contributed by atoms with Crippen molar-refractivity contribution in [1.29, 1.82) is 0 Å². The maximum Gasteiger partial charge on any atom is 0.228 e. The Bertz CT molecular complexity index is 457. The number of nitrogens with zero attached hydrogens (tertiary/aromatic N) is 1. The number of piperidine rings is 1. The Kier molecular flexibility index (Phi) is 3.96. The Labute approximate surface area is 132 Å². The predicted molar refractivity (Wildman–Crippen MR) is 83.2 cm³/mol.